The molecule has 3 rings (SSSR count). The number of nitrogens with zero attached hydrogens (tertiary/aromatic N) is 3. The van der Waals surface area contributed by atoms with Gasteiger partial charge in [-0.15, -0.1) is 0 Å². The summed E-state index contributed by atoms with van der Waals surface area (Å²) in [5.41, 5.74) is 4.40. The van der Waals surface area contributed by atoms with Crippen molar-refractivity contribution in [3.8, 4) is 0 Å². The van der Waals surface area contributed by atoms with Crippen molar-refractivity contribution in [2.45, 2.75) is 46.3 Å². The van der Waals surface area contributed by atoms with Crippen LogP contribution < -0.4 is 0 Å². The summed E-state index contributed by atoms with van der Waals surface area (Å²) in [5.74, 6) is 0.235. The summed E-state index contributed by atoms with van der Waals surface area (Å²) in [6.45, 7) is 7.32. The van der Waals surface area contributed by atoms with Gasteiger partial charge in [0.15, 0.2) is 0 Å². The van der Waals surface area contributed by atoms with E-state index in [0.29, 0.717) is 13.1 Å². The third kappa shape index (κ3) is 4.28. The van der Waals surface area contributed by atoms with Gasteiger partial charge in [-0.3, -0.25) is 9.48 Å². The van der Waals surface area contributed by atoms with Crippen molar-refractivity contribution in [1.82, 2.24) is 14.7 Å². The van der Waals surface area contributed by atoms with E-state index in [1.165, 1.54) is 11.1 Å². The van der Waals surface area contributed by atoms with E-state index in [-0.39, 0.29) is 18.4 Å². The molecule has 1 fully saturated rings. The number of β-amino-alcohol motifs (C(OH)–C–C–N with tert-alkyl or cyclic N) is 1. The Morgan fingerprint density at radius 2 is 2.08 bits per heavy atom. The Morgan fingerprint density at radius 1 is 1.28 bits per heavy atom. The van der Waals surface area contributed by atoms with Crippen molar-refractivity contribution >= 4 is 5.91 Å². The number of amides is 1. The molecule has 0 unspecified atom stereocenters. The number of piperidine rings is 1. The maximum absolute atomic E-state index is 12.5. The van der Waals surface area contributed by atoms with Gasteiger partial charge in [-0.25, -0.2) is 0 Å². The van der Waals surface area contributed by atoms with Crippen LogP contribution in [0.25, 0.3) is 0 Å². The molecule has 0 saturated carbocycles. The molecule has 0 bridgehead atoms. The quantitative estimate of drug-likeness (QED) is 0.928. The van der Waals surface area contributed by atoms with Gasteiger partial charge in [-0.1, -0.05) is 29.8 Å². The highest BCUT2D eigenvalue weighted by Crippen LogP contribution is 2.23. The zero-order chi connectivity index (χ0) is 18.0. The SMILES string of the molecule is Cc1cccc(C[C@H]2CCN(C(=O)Cn3nc(C)cc3C)C[C@H]2O)c1. The van der Waals surface area contributed by atoms with Gasteiger partial charge in [-0.2, -0.15) is 5.10 Å². The smallest absolute Gasteiger partial charge is 0.244 e. The second kappa shape index (κ2) is 7.40. The summed E-state index contributed by atoms with van der Waals surface area (Å²) in [5, 5.41) is 14.9. The number of aryl methyl sites for hydroxylation is 3. The predicted molar refractivity (Wildman–Crippen MR) is 97.3 cm³/mol. The number of hydrogen-bond acceptors (Lipinski definition) is 3. The van der Waals surface area contributed by atoms with Gasteiger partial charge in [0.2, 0.25) is 5.91 Å². The van der Waals surface area contributed by atoms with Crippen LogP contribution in [0.15, 0.2) is 30.3 Å². The van der Waals surface area contributed by atoms with Crippen LogP contribution in [0.4, 0.5) is 0 Å². The Hall–Kier alpha value is -2.14. The van der Waals surface area contributed by atoms with Crippen molar-refractivity contribution in [1.29, 1.82) is 0 Å². The van der Waals surface area contributed by atoms with Crippen LogP contribution >= 0.6 is 0 Å². The molecule has 2 atom stereocenters. The van der Waals surface area contributed by atoms with Gasteiger partial charge in [0.05, 0.1) is 11.8 Å². The maximum atomic E-state index is 12.5. The lowest BCUT2D eigenvalue weighted by atomic mass is 9.87. The second-order valence-electron chi connectivity index (χ2n) is 7.23. The highest BCUT2D eigenvalue weighted by molar-refractivity contribution is 5.76. The number of benzene rings is 1. The van der Waals surface area contributed by atoms with E-state index in [1.807, 2.05) is 19.9 Å². The molecular formula is C20H27N3O2. The molecule has 25 heavy (non-hydrogen) atoms. The average Bonchev–Trinajstić information content (AvgIpc) is 2.87. The highest BCUT2D eigenvalue weighted by Gasteiger charge is 2.30. The Kier molecular flexibility index (Phi) is 5.23. The maximum Gasteiger partial charge on any atom is 0.244 e. The molecule has 1 aromatic heterocycles. The summed E-state index contributed by atoms with van der Waals surface area (Å²) in [4.78, 5) is 14.3. The fraction of sp³-hybridized carbons (Fsp3) is 0.500. The Morgan fingerprint density at radius 3 is 2.72 bits per heavy atom. The molecule has 0 aliphatic carbocycles. The number of hydrogen-bond donors (Lipinski definition) is 1. The molecule has 1 saturated heterocycles. The van der Waals surface area contributed by atoms with Crippen LogP contribution in [0.1, 0.15) is 28.9 Å². The molecular weight excluding hydrogens is 314 g/mol. The Balaban J connectivity index is 1.57. The van der Waals surface area contributed by atoms with Gasteiger partial charge in [0.25, 0.3) is 0 Å². The van der Waals surface area contributed by atoms with E-state index >= 15 is 0 Å². The Bertz CT molecular complexity index is 753. The molecule has 134 valence electrons. The molecule has 2 aromatic rings. The highest BCUT2D eigenvalue weighted by atomic mass is 16.3. The molecule has 0 radical (unpaired) electrons. The zero-order valence-electron chi connectivity index (χ0n) is 15.3. The van der Waals surface area contributed by atoms with E-state index in [0.717, 1.165) is 24.2 Å². The predicted octanol–water partition coefficient (Wildman–Crippen LogP) is 2.26. The Labute approximate surface area is 149 Å². The van der Waals surface area contributed by atoms with Crippen LogP contribution in [0.3, 0.4) is 0 Å². The largest absolute Gasteiger partial charge is 0.391 e. The number of aromatic nitrogens is 2. The molecule has 2 heterocycles. The number of likely N-dealkylation sites (tertiary alicyclic amines) is 1. The topological polar surface area (TPSA) is 58.4 Å². The molecule has 5 heteroatoms. The van der Waals surface area contributed by atoms with Gasteiger partial charge < -0.3 is 10.0 Å². The summed E-state index contributed by atoms with van der Waals surface area (Å²) in [7, 11) is 0. The molecule has 1 aliphatic heterocycles. The first-order chi connectivity index (χ1) is 11.9. The number of carbonyl (C=O) groups is 1. The van der Waals surface area contributed by atoms with Crippen LogP contribution in [-0.4, -0.2) is 44.9 Å². The summed E-state index contributed by atoms with van der Waals surface area (Å²) in [6.07, 6.45) is 1.22. The monoisotopic (exact) mass is 341 g/mol. The number of aliphatic hydroxyl groups is 1. The lowest BCUT2D eigenvalue weighted by Crippen LogP contribution is -2.48. The minimum absolute atomic E-state index is 0.0271. The van der Waals surface area contributed by atoms with E-state index in [9.17, 15) is 9.90 Å². The average molecular weight is 341 g/mol. The van der Waals surface area contributed by atoms with Gasteiger partial charge in [0, 0.05) is 18.8 Å². The van der Waals surface area contributed by atoms with E-state index < -0.39 is 6.10 Å². The molecule has 1 aliphatic rings. The van der Waals surface area contributed by atoms with E-state index in [4.69, 9.17) is 0 Å². The third-order valence-electron chi connectivity index (χ3n) is 5.04. The molecule has 1 aromatic carbocycles. The van der Waals surface area contributed by atoms with Gasteiger partial charge in [0.1, 0.15) is 6.54 Å². The van der Waals surface area contributed by atoms with Crippen molar-refractivity contribution < 1.29 is 9.90 Å². The molecule has 1 N–H and O–H groups in total. The van der Waals surface area contributed by atoms with Crippen molar-refractivity contribution in [2.75, 3.05) is 13.1 Å². The number of aliphatic hydroxyl groups excluding tert-OH is 1. The van der Waals surface area contributed by atoms with Crippen molar-refractivity contribution in [3.63, 3.8) is 0 Å². The second-order valence-corrected chi connectivity index (χ2v) is 7.23. The summed E-state index contributed by atoms with van der Waals surface area (Å²) < 4.78 is 1.74. The normalized spacial score (nSPS) is 20.7. The lowest BCUT2D eigenvalue weighted by molar-refractivity contribution is -0.136. The van der Waals surface area contributed by atoms with E-state index in [1.54, 1.807) is 9.58 Å². The zero-order valence-corrected chi connectivity index (χ0v) is 15.3. The minimum Gasteiger partial charge on any atom is -0.391 e. The molecule has 0 spiro atoms. The fourth-order valence-electron chi connectivity index (χ4n) is 3.65. The van der Waals surface area contributed by atoms with Crippen LogP contribution in [0, 0.1) is 26.7 Å². The van der Waals surface area contributed by atoms with Crippen molar-refractivity contribution in [3.05, 3.63) is 52.8 Å². The summed E-state index contributed by atoms with van der Waals surface area (Å²) >= 11 is 0. The molecule has 1 amide bonds. The first kappa shape index (κ1) is 17.7. The summed E-state index contributed by atoms with van der Waals surface area (Å²) in [6, 6.07) is 10.4. The first-order valence-corrected chi connectivity index (χ1v) is 8.95. The fourth-order valence-corrected chi connectivity index (χ4v) is 3.65. The molecule has 5 nitrogen and oxygen atoms in total. The number of carbonyl (C=O) groups excluding carboxylic acids is 1. The minimum atomic E-state index is -0.473. The number of rotatable bonds is 4. The van der Waals surface area contributed by atoms with E-state index in [2.05, 4.69) is 36.3 Å². The third-order valence-corrected chi connectivity index (χ3v) is 5.04. The van der Waals surface area contributed by atoms with Gasteiger partial charge in [-0.05, 0) is 51.2 Å². The van der Waals surface area contributed by atoms with Crippen molar-refractivity contribution in [2.24, 2.45) is 5.92 Å². The standard InChI is InChI=1S/C20H27N3O2/c1-14-5-4-6-17(9-14)11-18-7-8-22(12-19(18)24)20(25)13-23-16(3)10-15(2)21-23/h4-6,9-10,18-19,24H,7-8,11-13H2,1-3H3/t18-,19-/m1/s1. The van der Waals surface area contributed by atoms with Crippen LogP contribution in [-0.2, 0) is 17.8 Å². The first-order valence-electron chi connectivity index (χ1n) is 8.95. The van der Waals surface area contributed by atoms with Crippen LogP contribution in [0.2, 0.25) is 0 Å². The van der Waals surface area contributed by atoms with Crippen LogP contribution in [0.5, 0.6) is 0 Å². The van der Waals surface area contributed by atoms with Gasteiger partial charge >= 0.3 is 0 Å². The lowest BCUT2D eigenvalue weighted by Gasteiger charge is -2.36.